The van der Waals surface area contributed by atoms with Gasteiger partial charge in [-0.25, -0.2) is 4.79 Å². The maximum atomic E-state index is 11.7. The van der Waals surface area contributed by atoms with Crippen molar-refractivity contribution in [3.8, 4) is 17.2 Å². The number of hydrogen-bond acceptors (Lipinski definition) is 6. The van der Waals surface area contributed by atoms with Gasteiger partial charge in [0.25, 0.3) is 5.89 Å². The average Bonchev–Trinajstić information content (AvgIpc) is 3.10. The number of rotatable bonds is 6. The van der Waals surface area contributed by atoms with E-state index in [9.17, 15) is 4.79 Å². The van der Waals surface area contributed by atoms with Gasteiger partial charge in [0.15, 0.2) is 6.61 Å². The fourth-order valence-electron chi connectivity index (χ4n) is 2.08. The van der Waals surface area contributed by atoms with E-state index in [2.05, 4.69) is 10.2 Å². The molecule has 0 radical (unpaired) electrons. The van der Waals surface area contributed by atoms with E-state index in [1.54, 1.807) is 31.2 Å². The fraction of sp³-hybridized carbons (Fsp3) is 0.167. The zero-order valence-electron chi connectivity index (χ0n) is 13.1. The molecule has 0 aliphatic rings. The molecule has 0 saturated heterocycles. The number of esters is 1. The quantitative estimate of drug-likeness (QED) is 0.646. The fourth-order valence-corrected chi connectivity index (χ4v) is 2.08. The summed E-state index contributed by atoms with van der Waals surface area (Å²) >= 11 is 0. The minimum Gasteiger partial charge on any atom is -0.484 e. The molecule has 0 amide bonds. The number of carbonyl (C=O) groups excluding carboxylic acids is 1. The van der Waals surface area contributed by atoms with Gasteiger partial charge in [-0.1, -0.05) is 24.3 Å². The lowest BCUT2D eigenvalue weighted by molar-refractivity contribution is 0.0526. The van der Waals surface area contributed by atoms with E-state index in [0.717, 1.165) is 5.56 Å². The molecule has 1 aromatic heterocycles. The lowest BCUT2D eigenvalue weighted by atomic mass is 10.2. The van der Waals surface area contributed by atoms with Crippen molar-refractivity contribution in [2.24, 2.45) is 0 Å². The molecule has 0 atom stereocenters. The van der Waals surface area contributed by atoms with Gasteiger partial charge in [0.2, 0.25) is 5.89 Å². The van der Waals surface area contributed by atoms with E-state index in [0.29, 0.717) is 29.7 Å². The number of ether oxygens (including phenoxy) is 2. The molecule has 0 aliphatic heterocycles. The molecule has 0 N–H and O–H groups in total. The SMILES string of the molecule is CCOC(=O)c1cccc(OCc2nnc(-c3ccccc3)o2)c1. The summed E-state index contributed by atoms with van der Waals surface area (Å²) in [5.41, 5.74) is 1.28. The zero-order chi connectivity index (χ0) is 16.8. The molecular weight excluding hydrogens is 308 g/mol. The molecule has 0 saturated carbocycles. The number of nitrogens with zero attached hydrogens (tertiary/aromatic N) is 2. The predicted octanol–water partition coefficient (Wildman–Crippen LogP) is 3.49. The summed E-state index contributed by atoms with van der Waals surface area (Å²) in [6.07, 6.45) is 0. The maximum absolute atomic E-state index is 11.7. The Morgan fingerprint density at radius 1 is 1.08 bits per heavy atom. The molecule has 6 nitrogen and oxygen atoms in total. The minimum atomic E-state index is -0.382. The number of benzene rings is 2. The van der Waals surface area contributed by atoms with E-state index in [1.807, 2.05) is 30.3 Å². The summed E-state index contributed by atoms with van der Waals surface area (Å²) in [4.78, 5) is 11.7. The van der Waals surface area contributed by atoms with Crippen LogP contribution in [-0.2, 0) is 11.3 Å². The third-order valence-corrected chi connectivity index (χ3v) is 3.20. The largest absolute Gasteiger partial charge is 0.484 e. The third kappa shape index (κ3) is 3.78. The highest BCUT2D eigenvalue weighted by atomic mass is 16.5. The third-order valence-electron chi connectivity index (χ3n) is 3.20. The first-order valence-corrected chi connectivity index (χ1v) is 7.54. The number of aromatic nitrogens is 2. The van der Waals surface area contributed by atoms with Crippen molar-refractivity contribution in [2.75, 3.05) is 6.61 Å². The van der Waals surface area contributed by atoms with Crippen LogP contribution in [0.25, 0.3) is 11.5 Å². The van der Waals surface area contributed by atoms with Gasteiger partial charge in [-0.2, -0.15) is 0 Å². The molecule has 2 aromatic carbocycles. The zero-order valence-corrected chi connectivity index (χ0v) is 13.1. The first-order chi connectivity index (χ1) is 11.8. The van der Waals surface area contributed by atoms with Crippen molar-refractivity contribution in [3.05, 3.63) is 66.1 Å². The number of hydrogen-bond donors (Lipinski definition) is 0. The molecule has 6 heteroatoms. The van der Waals surface area contributed by atoms with E-state index in [4.69, 9.17) is 13.9 Å². The van der Waals surface area contributed by atoms with Gasteiger partial charge < -0.3 is 13.9 Å². The normalized spacial score (nSPS) is 10.4. The summed E-state index contributed by atoms with van der Waals surface area (Å²) in [6.45, 7) is 2.21. The highest BCUT2D eigenvalue weighted by Crippen LogP contribution is 2.19. The van der Waals surface area contributed by atoms with Gasteiger partial charge in [0.05, 0.1) is 12.2 Å². The van der Waals surface area contributed by atoms with Crippen molar-refractivity contribution in [3.63, 3.8) is 0 Å². The summed E-state index contributed by atoms with van der Waals surface area (Å²) in [6, 6.07) is 16.3. The summed E-state index contributed by atoms with van der Waals surface area (Å²) in [5.74, 6) is 0.942. The van der Waals surface area contributed by atoms with Gasteiger partial charge in [0, 0.05) is 5.56 Å². The molecule has 1 heterocycles. The Bertz CT molecular complexity index is 815. The van der Waals surface area contributed by atoms with Crippen LogP contribution in [-0.4, -0.2) is 22.8 Å². The molecule has 0 spiro atoms. The van der Waals surface area contributed by atoms with Crippen molar-refractivity contribution in [1.82, 2.24) is 10.2 Å². The van der Waals surface area contributed by atoms with Gasteiger partial charge in [-0.3, -0.25) is 0 Å². The molecule has 3 aromatic rings. The average molecular weight is 324 g/mol. The predicted molar refractivity (Wildman–Crippen MR) is 86.5 cm³/mol. The standard InChI is InChI=1S/C18H16N2O4/c1-2-22-18(21)14-9-6-10-15(11-14)23-12-16-19-20-17(24-16)13-7-4-3-5-8-13/h3-11H,2,12H2,1H3. The summed E-state index contributed by atoms with van der Waals surface area (Å²) in [5, 5.41) is 7.96. The Hall–Kier alpha value is -3.15. The van der Waals surface area contributed by atoms with Crippen LogP contribution in [0.2, 0.25) is 0 Å². The van der Waals surface area contributed by atoms with Crippen LogP contribution in [0, 0.1) is 0 Å². The Morgan fingerprint density at radius 3 is 2.71 bits per heavy atom. The van der Waals surface area contributed by atoms with Crippen LogP contribution in [0.4, 0.5) is 0 Å². The van der Waals surface area contributed by atoms with E-state index in [-0.39, 0.29) is 12.6 Å². The topological polar surface area (TPSA) is 74.5 Å². The molecule has 0 bridgehead atoms. The molecule has 0 fully saturated rings. The smallest absolute Gasteiger partial charge is 0.338 e. The van der Waals surface area contributed by atoms with Gasteiger partial charge >= 0.3 is 5.97 Å². The lowest BCUT2D eigenvalue weighted by Crippen LogP contribution is -2.05. The second-order valence-electron chi connectivity index (χ2n) is 4.90. The van der Waals surface area contributed by atoms with Crippen LogP contribution in [0.3, 0.4) is 0 Å². The summed E-state index contributed by atoms with van der Waals surface area (Å²) in [7, 11) is 0. The Balaban J connectivity index is 1.65. The molecule has 122 valence electrons. The van der Waals surface area contributed by atoms with Gasteiger partial charge in [-0.05, 0) is 37.3 Å². The molecular formula is C18H16N2O4. The second kappa shape index (κ2) is 7.41. The van der Waals surface area contributed by atoms with Gasteiger partial charge in [-0.15, -0.1) is 10.2 Å². The Kier molecular flexibility index (Phi) is 4.86. The molecule has 3 rings (SSSR count). The van der Waals surface area contributed by atoms with Gasteiger partial charge in [0.1, 0.15) is 5.75 Å². The van der Waals surface area contributed by atoms with Crippen LogP contribution in [0.1, 0.15) is 23.2 Å². The second-order valence-corrected chi connectivity index (χ2v) is 4.90. The van der Waals surface area contributed by atoms with Crippen LogP contribution >= 0.6 is 0 Å². The van der Waals surface area contributed by atoms with Crippen LogP contribution < -0.4 is 4.74 Å². The monoisotopic (exact) mass is 324 g/mol. The first-order valence-electron chi connectivity index (χ1n) is 7.54. The molecule has 0 unspecified atom stereocenters. The maximum Gasteiger partial charge on any atom is 0.338 e. The molecule has 0 aliphatic carbocycles. The first kappa shape index (κ1) is 15.7. The van der Waals surface area contributed by atoms with Crippen molar-refractivity contribution in [2.45, 2.75) is 13.5 Å². The minimum absolute atomic E-state index is 0.117. The van der Waals surface area contributed by atoms with Crippen LogP contribution in [0.5, 0.6) is 5.75 Å². The van der Waals surface area contributed by atoms with E-state index >= 15 is 0 Å². The Labute approximate surface area is 139 Å². The van der Waals surface area contributed by atoms with Crippen molar-refractivity contribution in [1.29, 1.82) is 0 Å². The van der Waals surface area contributed by atoms with Crippen molar-refractivity contribution >= 4 is 5.97 Å². The highest BCUT2D eigenvalue weighted by molar-refractivity contribution is 5.89. The summed E-state index contributed by atoms with van der Waals surface area (Å²) < 4.78 is 16.1. The highest BCUT2D eigenvalue weighted by Gasteiger charge is 2.10. The van der Waals surface area contributed by atoms with E-state index in [1.165, 1.54) is 0 Å². The van der Waals surface area contributed by atoms with Crippen molar-refractivity contribution < 1.29 is 18.7 Å². The Morgan fingerprint density at radius 2 is 1.92 bits per heavy atom. The van der Waals surface area contributed by atoms with E-state index < -0.39 is 0 Å². The lowest BCUT2D eigenvalue weighted by Gasteiger charge is -2.06. The van der Waals surface area contributed by atoms with Crippen LogP contribution in [0.15, 0.2) is 59.0 Å². The number of carbonyl (C=O) groups is 1. The molecule has 24 heavy (non-hydrogen) atoms.